The number of amides is 3. The number of benzene rings is 2. The number of thioether (sulfide) groups is 1. The standard InChI is InChI=1S/C19H12F3IN2O3S/c20-19(21,22)12-2-1-3-14(9-12)24-16(26)10-25-17(27)15(29-18(25)28)8-11-4-6-13(23)7-5-11/h1-9H,10H2,(H,24,26)/b15-8-. The van der Waals surface area contributed by atoms with Crippen LogP contribution in [0.2, 0.25) is 0 Å². The van der Waals surface area contributed by atoms with Gasteiger partial charge in [0.2, 0.25) is 5.91 Å². The van der Waals surface area contributed by atoms with Crippen molar-refractivity contribution in [3.05, 3.63) is 68.1 Å². The van der Waals surface area contributed by atoms with E-state index in [9.17, 15) is 27.6 Å². The molecular formula is C19H12F3IN2O3S. The zero-order valence-electron chi connectivity index (χ0n) is 14.5. The van der Waals surface area contributed by atoms with E-state index in [1.807, 2.05) is 12.1 Å². The van der Waals surface area contributed by atoms with Gasteiger partial charge in [0.15, 0.2) is 0 Å². The van der Waals surface area contributed by atoms with Crippen molar-refractivity contribution >= 4 is 63.2 Å². The molecule has 1 aliphatic heterocycles. The number of halogens is 4. The van der Waals surface area contributed by atoms with Crippen LogP contribution in [-0.4, -0.2) is 28.5 Å². The third-order valence-corrected chi connectivity index (χ3v) is 5.44. The topological polar surface area (TPSA) is 66.5 Å². The lowest BCUT2D eigenvalue weighted by Crippen LogP contribution is -2.36. The SMILES string of the molecule is O=C(CN1C(=O)S/C(=C\c2ccc(I)cc2)C1=O)Nc1cccc(C(F)(F)F)c1. The fraction of sp³-hybridized carbons (Fsp3) is 0.105. The lowest BCUT2D eigenvalue weighted by molar-refractivity contribution is -0.137. The minimum Gasteiger partial charge on any atom is -0.325 e. The molecule has 0 radical (unpaired) electrons. The van der Waals surface area contributed by atoms with Crippen LogP contribution in [0.3, 0.4) is 0 Å². The summed E-state index contributed by atoms with van der Waals surface area (Å²) in [4.78, 5) is 37.6. The smallest absolute Gasteiger partial charge is 0.325 e. The Hall–Kier alpha value is -2.34. The Balaban J connectivity index is 1.68. The van der Waals surface area contributed by atoms with Crippen LogP contribution in [0, 0.1) is 3.57 Å². The summed E-state index contributed by atoms with van der Waals surface area (Å²) in [6.07, 6.45) is -3.00. The normalized spacial score (nSPS) is 15.9. The third kappa shape index (κ3) is 5.38. The minimum absolute atomic E-state index is 0.0776. The van der Waals surface area contributed by atoms with Crippen molar-refractivity contribution in [2.24, 2.45) is 0 Å². The van der Waals surface area contributed by atoms with E-state index in [1.54, 1.807) is 18.2 Å². The average molecular weight is 532 g/mol. The Labute approximate surface area is 181 Å². The molecule has 0 bridgehead atoms. The second kappa shape index (κ2) is 8.57. The van der Waals surface area contributed by atoms with Crippen LogP contribution in [0.15, 0.2) is 53.4 Å². The summed E-state index contributed by atoms with van der Waals surface area (Å²) in [5.74, 6) is -1.40. The summed E-state index contributed by atoms with van der Waals surface area (Å²) in [5.41, 5.74) is -0.266. The molecule has 2 aromatic rings. The first-order valence-corrected chi connectivity index (χ1v) is 10.0. The van der Waals surface area contributed by atoms with Crippen LogP contribution in [0.4, 0.5) is 23.7 Å². The first kappa shape index (κ1) is 21.4. The van der Waals surface area contributed by atoms with Crippen LogP contribution in [0.1, 0.15) is 11.1 Å². The van der Waals surface area contributed by atoms with Gasteiger partial charge in [-0.05, 0) is 76.3 Å². The lowest BCUT2D eigenvalue weighted by Gasteiger charge is -2.13. The molecule has 1 N–H and O–H groups in total. The Morgan fingerprint density at radius 3 is 2.48 bits per heavy atom. The van der Waals surface area contributed by atoms with Crippen LogP contribution in [-0.2, 0) is 15.8 Å². The van der Waals surface area contributed by atoms with E-state index in [1.165, 1.54) is 6.07 Å². The van der Waals surface area contributed by atoms with Crippen molar-refractivity contribution in [1.82, 2.24) is 4.90 Å². The Kier molecular flexibility index (Phi) is 6.32. The number of hydrogen-bond donors (Lipinski definition) is 1. The van der Waals surface area contributed by atoms with E-state index in [2.05, 4.69) is 27.9 Å². The summed E-state index contributed by atoms with van der Waals surface area (Å²) < 4.78 is 39.3. The molecule has 3 amide bonds. The van der Waals surface area contributed by atoms with E-state index in [-0.39, 0.29) is 10.6 Å². The molecule has 1 saturated heterocycles. The van der Waals surface area contributed by atoms with Crippen LogP contribution in [0.5, 0.6) is 0 Å². The highest BCUT2D eigenvalue weighted by Gasteiger charge is 2.36. The van der Waals surface area contributed by atoms with Gasteiger partial charge in [-0.1, -0.05) is 18.2 Å². The second-order valence-corrected chi connectivity index (χ2v) is 8.18. The predicted molar refractivity (Wildman–Crippen MR) is 112 cm³/mol. The number of imide groups is 1. The summed E-state index contributed by atoms with van der Waals surface area (Å²) in [6, 6.07) is 11.4. The van der Waals surface area contributed by atoms with E-state index >= 15 is 0 Å². The summed E-state index contributed by atoms with van der Waals surface area (Å²) in [7, 11) is 0. The average Bonchev–Trinajstić information content (AvgIpc) is 2.90. The summed E-state index contributed by atoms with van der Waals surface area (Å²) >= 11 is 2.84. The monoisotopic (exact) mass is 532 g/mol. The minimum atomic E-state index is -4.55. The number of carbonyl (C=O) groups excluding carboxylic acids is 3. The molecule has 5 nitrogen and oxygen atoms in total. The number of nitrogens with zero attached hydrogens (tertiary/aromatic N) is 1. The second-order valence-electron chi connectivity index (χ2n) is 5.95. The van der Waals surface area contributed by atoms with Crippen LogP contribution in [0.25, 0.3) is 6.08 Å². The Morgan fingerprint density at radius 1 is 1.14 bits per heavy atom. The van der Waals surface area contributed by atoms with Crippen molar-refractivity contribution < 1.29 is 27.6 Å². The van der Waals surface area contributed by atoms with Gasteiger partial charge in [-0.3, -0.25) is 19.3 Å². The van der Waals surface area contributed by atoms with Crippen molar-refractivity contribution in [3.8, 4) is 0 Å². The highest BCUT2D eigenvalue weighted by molar-refractivity contribution is 14.1. The fourth-order valence-electron chi connectivity index (χ4n) is 2.46. The van der Waals surface area contributed by atoms with Gasteiger partial charge in [0.05, 0.1) is 10.5 Å². The molecule has 0 saturated carbocycles. The number of alkyl halides is 3. The molecule has 150 valence electrons. The Morgan fingerprint density at radius 2 is 1.83 bits per heavy atom. The molecule has 0 aromatic heterocycles. The van der Waals surface area contributed by atoms with Gasteiger partial charge >= 0.3 is 6.18 Å². The molecule has 3 rings (SSSR count). The fourth-order valence-corrected chi connectivity index (χ4v) is 3.66. The van der Waals surface area contributed by atoms with E-state index in [0.29, 0.717) is 11.8 Å². The number of rotatable bonds is 4. The molecule has 1 heterocycles. The molecule has 0 atom stereocenters. The maximum atomic E-state index is 12.8. The predicted octanol–water partition coefficient (Wildman–Crippen LogP) is 4.99. The molecule has 1 fully saturated rings. The van der Waals surface area contributed by atoms with Crippen LogP contribution < -0.4 is 5.32 Å². The molecule has 2 aromatic carbocycles. The summed E-state index contributed by atoms with van der Waals surface area (Å²) in [5, 5.41) is 1.66. The highest BCUT2D eigenvalue weighted by atomic mass is 127. The maximum absolute atomic E-state index is 12.8. The number of hydrogen-bond acceptors (Lipinski definition) is 4. The highest BCUT2D eigenvalue weighted by Crippen LogP contribution is 2.33. The number of anilines is 1. The molecular weight excluding hydrogens is 520 g/mol. The zero-order valence-corrected chi connectivity index (χ0v) is 17.5. The quantitative estimate of drug-likeness (QED) is 0.446. The van der Waals surface area contributed by atoms with Gasteiger partial charge in [0.25, 0.3) is 11.1 Å². The van der Waals surface area contributed by atoms with Crippen molar-refractivity contribution in [1.29, 1.82) is 0 Å². The lowest BCUT2D eigenvalue weighted by atomic mass is 10.2. The van der Waals surface area contributed by atoms with Gasteiger partial charge in [-0.2, -0.15) is 13.2 Å². The van der Waals surface area contributed by atoms with Crippen molar-refractivity contribution in [2.75, 3.05) is 11.9 Å². The van der Waals surface area contributed by atoms with E-state index in [0.717, 1.165) is 32.2 Å². The first-order chi connectivity index (χ1) is 13.6. The molecule has 10 heteroatoms. The van der Waals surface area contributed by atoms with Crippen LogP contribution >= 0.6 is 34.4 Å². The Bertz CT molecular complexity index is 1010. The number of carbonyl (C=O) groups is 3. The first-order valence-electron chi connectivity index (χ1n) is 8.11. The zero-order chi connectivity index (χ0) is 21.2. The summed E-state index contributed by atoms with van der Waals surface area (Å²) in [6.45, 7) is -0.592. The molecule has 29 heavy (non-hydrogen) atoms. The van der Waals surface area contributed by atoms with Gasteiger partial charge in [0, 0.05) is 9.26 Å². The molecule has 0 aliphatic carbocycles. The maximum Gasteiger partial charge on any atom is 0.416 e. The van der Waals surface area contributed by atoms with E-state index < -0.39 is 35.3 Å². The van der Waals surface area contributed by atoms with Gasteiger partial charge in [0.1, 0.15) is 6.54 Å². The largest absolute Gasteiger partial charge is 0.416 e. The van der Waals surface area contributed by atoms with Gasteiger partial charge < -0.3 is 5.32 Å². The molecule has 1 aliphatic rings. The molecule has 0 spiro atoms. The van der Waals surface area contributed by atoms with Gasteiger partial charge in [-0.25, -0.2) is 0 Å². The van der Waals surface area contributed by atoms with Crippen molar-refractivity contribution in [2.45, 2.75) is 6.18 Å². The third-order valence-electron chi connectivity index (χ3n) is 3.82. The van der Waals surface area contributed by atoms with E-state index in [4.69, 9.17) is 0 Å². The van der Waals surface area contributed by atoms with Gasteiger partial charge in [-0.15, -0.1) is 0 Å². The van der Waals surface area contributed by atoms with Crippen molar-refractivity contribution in [3.63, 3.8) is 0 Å². The molecule has 0 unspecified atom stereocenters. The number of nitrogens with one attached hydrogen (secondary N) is 1.